The first kappa shape index (κ1) is 21.8. The molecule has 0 bridgehead atoms. The molecule has 0 saturated heterocycles. The summed E-state index contributed by atoms with van der Waals surface area (Å²) < 4.78 is 27.7. The smallest absolute Gasteiger partial charge is 0.240 e. The molecule has 0 saturated carbocycles. The Balaban J connectivity index is 2.72. The molecule has 0 aliphatic heterocycles. The van der Waals surface area contributed by atoms with Crippen LogP contribution in [0.2, 0.25) is 0 Å². The molecular weight excluding hydrogens is 437 g/mol. The van der Waals surface area contributed by atoms with E-state index in [1.165, 1.54) is 0 Å². The van der Waals surface area contributed by atoms with Crippen LogP contribution in [0.5, 0.6) is 0 Å². The van der Waals surface area contributed by atoms with Crippen molar-refractivity contribution in [2.45, 2.75) is 55.0 Å². The molecule has 0 aliphatic rings. The summed E-state index contributed by atoms with van der Waals surface area (Å²) in [6.07, 6.45) is 0. The van der Waals surface area contributed by atoms with Gasteiger partial charge in [0.25, 0.3) is 0 Å². The fourth-order valence-electron chi connectivity index (χ4n) is 2.32. The van der Waals surface area contributed by atoms with Crippen LogP contribution in [-0.4, -0.2) is 33.6 Å². The van der Waals surface area contributed by atoms with Crippen molar-refractivity contribution in [2.24, 2.45) is 11.7 Å². The van der Waals surface area contributed by atoms with Gasteiger partial charge >= 0.3 is 0 Å². The Morgan fingerprint density at radius 1 is 1.17 bits per heavy atom. The zero-order valence-electron chi connectivity index (χ0n) is 15.1. The molecule has 4 N–H and O–H groups in total. The molecule has 5 nitrogen and oxygen atoms in total. The van der Waals surface area contributed by atoms with Crippen LogP contribution in [0.3, 0.4) is 0 Å². The summed E-state index contributed by atoms with van der Waals surface area (Å²) in [4.78, 5) is 0.290. The maximum atomic E-state index is 12.5. The minimum atomic E-state index is -3.52. The highest BCUT2D eigenvalue weighted by atomic mass is 127. The molecular formula is C17H30IN3O2S. The molecule has 24 heavy (non-hydrogen) atoms. The molecule has 7 heteroatoms. The maximum Gasteiger partial charge on any atom is 0.240 e. The third kappa shape index (κ3) is 6.59. The van der Waals surface area contributed by atoms with E-state index in [0.29, 0.717) is 19.0 Å². The van der Waals surface area contributed by atoms with Crippen molar-refractivity contribution < 1.29 is 8.42 Å². The standard InChI is InChI=1S/C17H30IN3O2S/c1-12(2)16(10-19)20-11-13(3)21-24(22,23)15-8-6-14(7-9-15)17(4,5)18/h6-9,12-13,16,20-21H,10-11,19H2,1-5H3/t13-,16-/m0/s1. The monoisotopic (exact) mass is 467 g/mol. The molecule has 0 fully saturated rings. The molecule has 0 radical (unpaired) electrons. The van der Waals surface area contributed by atoms with E-state index in [1.807, 2.05) is 19.1 Å². The third-order valence-electron chi connectivity index (χ3n) is 3.95. The Morgan fingerprint density at radius 2 is 1.71 bits per heavy atom. The van der Waals surface area contributed by atoms with E-state index in [1.54, 1.807) is 12.1 Å². The molecule has 1 rings (SSSR count). The molecule has 0 spiro atoms. The largest absolute Gasteiger partial charge is 0.329 e. The quantitative estimate of drug-likeness (QED) is 0.385. The number of benzene rings is 1. The van der Waals surface area contributed by atoms with Gasteiger partial charge < -0.3 is 11.1 Å². The van der Waals surface area contributed by atoms with Crippen molar-refractivity contribution in [1.29, 1.82) is 0 Å². The lowest BCUT2D eigenvalue weighted by atomic mass is 10.0. The number of alkyl halides is 1. The highest BCUT2D eigenvalue weighted by molar-refractivity contribution is 14.1. The van der Waals surface area contributed by atoms with Crippen molar-refractivity contribution in [3.05, 3.63) is 29.8 Å². The Kier molecular flexibility index (Phi) is 8.12. The second kappa shape index (κ2) is 8.93. The van der Waals surface area contributed by atoms with Gasteiger partial charge in [-0.3, -0.25) is 0 Å². The van der Waals surface area contributed by atoms with Crippen LogP contribution in [0.4, 0.5) is 0 Å². The molecule has 138 valence electrons. The second-order valence-electron chi connectivity index (χ2n) is 7.01. The predicted molar refractivity (Wildman–Crippen MR) is 109 cm³/mol. The van der Waals surface area contributed by atoms with Gasteiger partial charge in [-0.25, -0.2) is 13.1 Å². The lowest BCUT2D eigenvalue weighted by Gasteiger charge is -2.23. The first-order valence-electron chi connectivity index (χ1n) is 8.22. The van der Waals surface area contributed by atoms with E-state index in [-0.39, 0.29) is 20.4 Å². The van der Waals surface area contributed by atoms with E-state index in [2.05, 4.69) is 60.3 Å². The average Bonchev–Trinajstić information content (AvgIpc) is 2.46. The van der Waals surface area contributed by atoms with Crippen molar-refractivity contribution in [3.8, 4) is 0 Å². The molecule has 0 unspecified atom stereocenters. The minimum Gasteiger partial charge on any atom is -0.329 e. The van der Waals surface area contributed by atoms with Gasteiger partial charge in [-0.05, 0) is 44.4 Å². The summed E-state index contributed by atoms with van der Waals surface area (Å²) in [5.74, 6) is 0.406. The van der Waals surface area contributed by atoms with Gasteiger partial charge in [0.15, 0.2) is 0 Å². The molecule has 1 aromatic carbocycles. The van der Waals surface area contributed by atoms with Crippen molar-refractivity contribution in [3.63, 3.8) is 0 Å². The van der Waals surface area contributed by atoms with Crippen molar-refractivity contribution in [1.82, 2.24) is 10.0 Å². The summed E-state index contributed by atoms with van der Waals surface area (Å²) in [5.41, 5.74) is 6.82. The highest BCUT2D eigenvalue weighted by Gasteiger charge is 2.21. The molecule has 0 amide bonds. The lowest BCUT2D eigenvalue weighted by Crippen LogP contribution is -2.47. The van der Waals surface area contributed by atoms with Crippen LogP contribution in [0.15, 0.2) is 29.2 Å². The van der Waals surface area contributed by atoms with Crippen LogP contribution in [0.25, 0.3) is 0 Å². The number of hydrogen-bond acceptors (Lipinski definition) is 4. The first-order chi connectivity index (χ1) is 11.0. The zero-order chi connectivity index (χ0) is 18.5. The van der Waals surface area contributed by atoms with E-state index in [9.17, 15) is 8.42 Å². The van der Waals surface area contributed by atoms with Crippen LogP contribution in [-0.2, 0) is 13.4 Å². The molecule has 0 heterocycles. The zero-order valence-corrected chi connectivity index (χ0v) is 18.1. The van der Waals surface area contributed by atoms with Crippen LogP contribution in [0.1, 0.15) is 40.2 Å². The fourth-order valence-corrected chi connectivity index (χ4v) is 3.93. The van der Waals surface area contributed by atoms with Crippen LogP contribution < -0.4 is 15.8 Å². The van der Waals surface area contributed by atoms with E-state index in [4.69, 9.17) is 5.73 Å². The van der Waals surface area contributed by atoms with Crippen LogP contribution in [0, 0.1) is 5.92 Å². The number of halogens is 1. The van der Waals surface area contributed by atoms with Crippen molar-refractivity contribution in [2.75, 3.05) is 13.1 Å². The Bertz CT molecular complexity index is 610. The summed E-state index contributed by atoms with van der Waals surface area (Å²) in [5, 5.41) is 3.32. The Labute approximate surface area is 160 Å². The summed E-state index contributed by atoms with van der Waals surface area (Å²) >= 11 is 2.34. The molecule has 2 atom stereocenters. The van der Waals surface area contributed by atoms with E-state index in [0.717, 1.165) is 5.56 Å². The predicted octanol–water partition coefficient (Wildman–Crippen LogP) is 2.60. The van der Waals surface area contributed by atoms with Crippen LogP contribution >= 0.6 is 22.6 Å². The summed E-state index contributed by atoms with van der Waals surface area (Å²) in [6, 6.07) is 7.02. The third-order valence-corrected chi connectivity index (χ3v) is 6.18. The van der Waals surface area contributed by atoms with Gasteiger partial charge in [-0.15, -0.1) is 0 Å². The number of rotatable bonds is 9. The SMILES string of the molecule is CC(C)[C@H](CN)NC[C@H](C)NS(=O)(=O)c1ccc(C(C)(C)I)cc1. The summed E-state index contributed by atoms with van der Waals surface area (Å²) in [6.45, 7) is 11.3. The normalized spacial score (nSPS) is 15.5. The van der Waals surface area contributed by atoms with E-state index < -0.39 is 10.0 Å². The summed E-state index contributed by atoms with van der Waals surface area (Å²) in [7, 11) is -3.52. The molecule has 0 aromatic heterocycles. The number of hydrogen-bond donors (Lipinski definition) is 3. The van der Waals surface area contributed by atoms with Gasteiger partial charge in [-0.2, -0.15) is 0 Å². The first-order valence-corrected chi connectivity index (χ1v) is 10.8. The van der Waals surface area contributed by atoms with Gasteiger partial charge in [0, 0.05) is 28.6 Å². The topological polar surface area (TPSA) is 84.2 Å². The second-order valence-corrected chi connectivity index (χ2v) is 11.4. The maximum absolute atomic E-state index is 12.5. The number of nitrogens with two attached hydrogens (primary N) is 1. The van der Waals surface area contributed by atoms with Gasteiger partial charge in [0.2, 0.25) is 10.0 Å². The molecule has 1 aromatic rings. The lowest BCUT2D eigenvalue weighted by molar-refractivity contribution is 0.391. The van der Waals surface area contributed by atoms with Crippen molar-refractivity contribution >= 4 is 32.6 Å². The average molecular weight is 467 g/mol. The Hall–Kier alpha value is -0.220. The number of sulfonamides is 1. The highest BCUT2D eigenvalue weighted by Crippen LogP contribution is 2.30. The fraction of sp³-hybridized carbons (Fsp3) is 0.647. The van der Waals surface area contributed by atoms with Gasteiger partial charge in [0.1, 0.15) is 0 Å². The van der Waals surface area contributed by atoms with Gasteiger partial charge in [0.05, 0.1) is 4.90 Å². The molecule has 0 aliphatic carbocycles. The number of nitrogens with one attached hydrogen (secondary N) is 2. The Morgan fingerprint density at radius 3 is 2.12 bits per heavy atom. The minimum absolute atomic E-state index is 0.0290. The van der Waals surface area contributed by atoms with Gasteiger partial charge in [-0.1, -0.05) is 48.6 Å². The van der Waals surface area contributed by atoms with E-state index >= 15 is 0 Å².